The van der Waals surface area contributed by atoms with E-state index in [1.807, 2.05) is 0 Å². The van der Waals surface area contributed by atoms with Gasteiger partial charge in [0.1, 0.15) is 5.82 Å². The Balaban J connectivity index is 2.07. The SMILES string of the molecule is CCOc1cccc(C=NNC(=O)c2cccc(F)c2)c1O. The van der Waals surface area contributed by atoms with E-state index in [0.717, 1.165) is 6.07 Å². The van der Waals surface area contributed by atoms with Gasteiger partial charge in [0, 0.05) is 11.1 Å². The number of hydrazone groups is 1. The van der Waals surface area contributed by atoms with Gasteiger partial charge in [-0.1, -0.05) is 12.1 Å². The van der Waals surface area contributed by atoms with Crippen molar-refractivity contribution in [3.05, 3.63) is 59.4 Å². The van der Waals surface area contributed by atoms with Crippen molar-refractivity contribution in [1.82, 2.24) is 5.43 Å². The van der Waals surface area contributed by atoms with E-state index in [1.54, 1.807) is 25.1 Å². The molecule has 0 aromatic heterocycles. The van der Waals surface area contributed by atoms with Gasteiger partial charge in [0.25, 0.3) is 5.91 Å². The first kappa shape index (κ1) is 15.5. The summed E-state index contributed by atoms with van der Waals surface area (Å²) in [5.41, 5.74) is 2.82. The zero-order valence-corrected chi connectivity index (χ0v) is 11.9. The van der Waals surface area contributed by atoms with Crippen molar-refractivity contribution < 1.29 is 19.0 Å². The Hall–Kier alpha value is -2.89. The first-order chi connectivity index (χ1) is 10.6. The van der Waals surface area contributed by atoms with Crippen molar-refractivity contribution in [2.24, 2.45) is 5.10 Å². The van der Waals surface area contributed by atoms with Crippen LogP contribution in [0.4, 0.5) is 4.39 Å². The minimum atomic E-state index is -0.545. The number of benzene rings is 2. The number of rotatable bonds is 5. The summed E-state index contributed by atoms with van der Waals surface area (Å²) in [4.78, 5) is 11.8. The van der Waals surface area contributed by atoms with E-state index >= 15 is 0 Å². The third-order valence-electron chi connectivity index (χ3n) is 2.79. The van der Waals surface area contributed by atoms with Gasteiger partial charge in [0.05, 0.1) is 12.8 Å². The predicted octanol–water partition coefficient (Wildman–Crippen LogP) is 2.69. The molecule has 0 heterocycles. The van der Waals surface area contributed by atoms with E-state index in [0.29, 0.717) is 17.9 Å². The zero-order chi connectivity index (χ0) is 15.9. The molecule has 0 aliphatic heterocycles. The lowest BCUT2D eigenvalue weighted by Crippen LogP contribution is -2.17. The van der Waals surface area contributed by atoms with Crippen LogP contribution in [0.15, 0.2) is 47.6 Å². The highest BCUT2D eigenvalue weighted by atomic mass is 19.1. The first-order valence-electron chi connectivity index (χ1n) is 6.65. The third kappa shape index (κ3) is 3.82. The number of phenolic OH excluding ortho intramolecular Hbond substituents is 1. The van der Waals surface area contributed by atoms with Crippen molar-refractivity contribution in [2.75, 3.05) is 6.61 Å². The Morgan fingerprint density at radius 1 is 1.36 bits per heavy atom. The van der Waals surface area contributed by atoms with Crippen molar-refractivity contribution in [2.45, 2.75) is 6.92 Å². The lowest BCUT2D eigenvalue weighted by Gasteiger charge is -2.07. The highest BCUT2D eigenvalue weighted by Crippen LogP contribution is 2.28. The van der Waals surface area contributed by atoms with Gasteiger partial charge in [-0.25, -0.2) is 9.82 Å². The maximum atomic E-state index is 13.0. The van der Waals surface area contributed by atoms with E-state index in [-0.39, 0.29) is 11.3 Å². The molecule has 0 fully saturated rings. The number of aromatic hydroxyl groups is 1. The maximum absolute atomic E-state index is 13.0. The molecule has 2 rings (SSSR count). The van der Waals surface area contributed by atoms with E-state index < -0.39 is 11.7 Å². The standard InChI is InChI=1S/C16H15FN2O3/c1-2-22-14-8-4-6-12(15(14)20)10-18-19-16(21)11-5-3-7-13(17)9-11/h3-10,20H,2H2,1H3,(H,19,21). The van der Waals surface area contributed by atoms with Crippen LogP contribution in [-0.2, 0) is 0 Å². The summed E-state index contributed by atoms with van der Waals surface area (Å²) in [6.07, 6.45) is 1.29. The number of nitrogens with one attached hydrogen (secondary N) is 1. The van der Waals surface area contributed by atoms with Crippen LogP contribution in [0.25, 0.3) is 0 Å². The van der Waals surface area contributed by atoms with E-state index in [2.05, 4.69) is 10.5 Å². The molecule has 0 saturated carbocycles. The minimum Gasteiger partial charge on any atom is -0.504 e. The molecule has 0 bridgehead atoms. The quantitative estimate of drug-likeness (QED) is 0.659. The number of phenols is 1. The number of amides is 1. The Morgan fingerprint density at radius 2 is 2.14 bits per heavy atom. The largest absolute Gasteiger partial charge is 0.504 e. The van der Waals surface area contributed by atoms with Gasteiger partial charge in [0.2, 0.25) is 0 Å². The second-order valence-corrected chi connectivity index (χ2v) is 4.34. The Morgan fingerprint density at radius 3 is 2.86 bits per heavy atom. The summed E-state index contributed by atoms with van der Waals surface area (Å²) in [5, 5.41) is 13.7. The predicted molar refractivity (Wildman–Crippen MR) is 80.7 cm³/mol. The van der Waals surface area contributed by atoms with Gasteiger partial charge in [-0.3, -0.25) is 4.79 Å². The Labute approximate surface area is 127 Å². The van der Waals surface area contributed by atoms with Crippen molar-refractivity contribution >= 4 is 12.1 Å². The van der Waals surface area contributed by atoms with Gasteiger partial charge < -0.3 is 9.84 Å². The fraction of sp³-hybridized carbons (Fsp3) is 0.125. The van der Waals surface area contributed by atoms with Crippen molar-refractivity contribution in [3.8, 4) is 11.5 Å². The van der Waals surface area contributed by atoms with Crippen LogP contribution in [0.2, 0.25) is 0 Å². The average molecular weight is 302 g/mol. The summed E-state index contributed by atoms with van der Waals surface area (Å²) >= 11 is 0. The molecule has 114 valence electrons. The molecule has 0 spiro atoms. The highest BCUT2D eigenvalue weighted by Gasteiger charge is 2.07. The van der Waals surface area contributed by atoms with Crippen molar-refractivity contribution in [1.29, 1.82) is 0 Å². The normalized spacial score (nSPS) is 10.6. The van der Waals surface area contributed by atoms with Crippen LogP contribution in [-0.4, -0.2) is 23.8 Å². The van der Waals surface area contributed by atoms with E-state index in [1.165, 1.54) is 24.4 Å². The highest BCUT2D eigenvalue weighted by molar-refractivity contribution is 5.95. The number of nitrogens with zero attached hydrogens (tertiary/aromatic N) is 1. The minimum absolute atomic E-state index is 0.0619. The number of carbonyl (C=O) groups excluding carboxylic acids is 1. The molecule has 5 nitrogen and oxygen atoms in total. The molecule has 1 amide bonds. The second kappa shape index (κ2) is 7.21. The summed E-state index contributed by atoms with van der Waals surface area (Å²) in [5.74, 6) is -0.772. The van der Waals surface area contributed by atoms with Crippen LogP contribution in [0.5, 0.6) is 11.5 Å². The fourth-order valence-corrected chi connectivity index (χ4v) is 1.77. The maximum Gasteiger partial charge on any atom is 0.271 e. The van der Waals surface area contributed by atoms with Crippen LogP contribution in [0.3, 0.4) is 0 Å². The number of halogens is 1. The molecule has 2 N–H and O–H groups in total. The number of hydrogen-bond acceptors (Lipinski definition) is 4. The lowest BCUT2D eigenvalue weighted by atomic mass is 10.2. The number of ether oxygens (including phenoxy) is 1. The summed E-state index contributed by atoms with van der Waals surface area (Å²) in [6.45, 7) is 2.23. The molecular weight excluding hydrogens is 287 g/mol. The molecule has 2 aromatic rings. The zero-order valence-electron chi connectivity index (χ0n) is 11.9. The molecule has 0 unspecified atom stereocenters. The molecule has 2 aromatic carbocycles. The summed E-state index contributed by atoms with van der Waals surface area (Å²) in [7, 11) is 0. The molecule has 0 radical (unpaired) electrons. The van der Waals surface area contributed by atoms with E-state index in [9.17, 15) is 14.3 Å². The van der Waals surface area contributed by atoms with Crippen LogP contribution in [0.1, 0.15) is 22.8 Å². The fourth-order valence-electron chi connectivity index (χ4n) is 1.77. The van der Waals surface area contributed by atoms with Gasteiger partial charge in [-0.15, -0.1) is 0 Å². The van der Waals surface area contributed by atoms with Gasteiger partial charge in [-0.05, 0) is 37.3 Å². The van der Waals surface area contributed by atoms with Gasteiger partial charge >= 0.3 is 0 Å². The van der Waals surface area contributed by atoms with Crippen LogP contribution < -0.4 is 10.2 Å². The molecule has 0 atom stereocenters. The Kier molecular flexibility index (Phi) is 5.08. The molecule has 0 aliphatic carbocycles. The molecular formula is C16H15FN2O3. The molecule has 22 heavy (non-hydrogen) atoms. The van der Waals surface area contributed by atoms with Gasteiger partial charge in [0.15, 0.2) is 11.5 Å². The van der Waals surface area contributed by atoms with E-state index in [4.69, 9.17) is 4.74 Å². The number of carbonyl (C=O) groups is 1. The second-order valence-electron chi connectivity index (χ2n) is 4.34. The molecule has 0 saturated heterocycles. The van der Waals surface area contributed by atoms with Crippen molar-refractivity contribution in [3.63, 3.8) is 0 Å². The monoisotopic (exact) mass is 302 g/mol. The molecule has 6 heteroatoms. The summed E-state index contributed by atoms with van der Waals surface area (Å²) in [6, 6.07) is 10.2. The van der Waals surface area contributed by atoms with Crippen LogP contribution in [0, 0.1) is 5.82 Å². The third-order valence-corrected chi connectivity index (χ3v) is 2.79. The molecule has 0 aliphatic rings. The number of hydrogen-bond donors (Lipinski definition) is 2. The first-order valence-corrected chi connectivity index (χ1v) is 6.65. The smallest absolute Gasteiger partial charge is 0.271 e. The lowest BCUT2D eigenvalue weighted by molar-refractivity contribution is 0.0954. The summed E-state index contributed by atoms with van der Waals surface area (Å²) < 4.78 is 18.3. The topological polar surface area (TPSA) is 70.9 Å². The number of para-hydroxylation sites is 1. The average Bonchev–Trinajstić information content (AvgIpc) is 2.51. The van der Waals surface area contributed by atoms with Crippen LogP contribution >= 0.6 is 0 Å². The van der Waals surface area contributed by atoms with Gasteiger partial charge in [-0.2, -0.15) is 5.10 Å². The Bertz CT molecular complexity index is 702.